The lowest BCUT2D eigenvalue weighted by Crippen LogP contribution is -2.12. The second-order valence-corrected chi connectivity index (χ2v) is 5.81. The van der Waals surface area contributed by atoms with Gasteiger partial charge in [0.25, 0.3) is 0 Å². The van der Waals surface area contributed by atoms with Crippen LogP contribution in [0, 0.1) is 0 Å². The Morgan fingerprint density at radius 1 is 0.929 bits per heavy atom. The smallest absolute Gasteiger partial charge is 0.416 e. The van der Waals surface area contributed by atoms with Gasteiger partial charge in [-0.3, -0.25) is 0 Å². The first-order valence-corrected chi connectivity index (χ1v) is 8.72. The molecule has 0 aliphatic carbocycles. The predicted molar refractivity (Wildman–Crippen MR) is 100 cm³/mol. The molecule has 0 fully saturated rings. The highest BCUT2D eigenvalue weighted by Gasteiger charge is 2.30. The van der Waals surface area contributed by atoms with Gasteiger partial charge in [0.2, 0.25) is 0 Å². The van der Waals surface area contributed by atoms with Crippen LogP contribution in [0.3, 0.4) is 0 Å². The Labute approximate surface area is 162 Å². The number of ether oxygens (including phenoxy) is 4. The van der Waals surface area contributed by atoms with E-state index in [9.17, 15) is 13.2 Å². The quantitative estimate of drug-likeness (QED) is 0.399. The van der Waals surface area contributed by atoms with Gasteiger partial charge in [0.1, 0.15) is 19.0 Å². The van der Waals surface area contributed by atoms with Crippen LogP contribution in [0.15, 0.2) is 55.1 Å². The Kier molecular flexibility index (Phi) is 8.19. The molecule has 0 bridgehead atoms. The first kappa shape index (κ1) is 21.6. The van der Waals surface area contributed by atoms with Crippen LogP contribution in [0.2, 0.25) is 0 Å². The highest BCUT2D eigenvalue weighted by molar-refractivity contribution is 5.43. The first-order chi connectivity index (χ1) is 13.4. The van der Waals surface area contributed by atoms with Crippen LogP contribution in [0.5, 0.6) is 17.2 Å². The van der Waals surface area contributed by atoms with Crippen molar-refractivity contribution in [1.82, 2.24) is 0 Å². The molecule has 0 unspecified atom stereocenters. The molecule has 0 heterocycles. The molecule has 0 atom stereocenters. The second-order valence-electron chi connectivity index (χ2n) is 5.81. The molecule has 28 heavy (non-hydrogen) atoms. The molecule has 0 saturated heterocycles. The third kappa shape index (κ3) is 6.81. The number of rotatable bonds is 11. The molecule has 0 saturated carbocycles. The molecular weight excluding hydrogens is 373 g/mol. The summed E-state index contributed by atoms with van der Waals surface area (Å²) in [5.41, 5.74) is 0.328. The number of hydrogen-bond donors (Lipinski definition) is 0. The van der Waals surface area contributed by atoms with Gasteiger partial charge in [0, 0.05) is 0 Å². The molecule has 0 N–H and O–H groups in total. The fourth-order valence-corrected chi connectivity index (χ4v) is 2.42. The SMILES string of the molecule is C=CCc1ccc(OCCOCCOc2cccc(C(F)(F)F)c2)c(OC)c1. The van der Waals surface area contributed by atoms with Crippen LogP contribution in [0.1, 0.15) is 11.1 Å². The van der Waals surface area contributed by atoms with Gasteiger partial charge in [-0.1, -0.05) is 18.2 Å². The lowest BCUT2D eigenvalue weighted by molar-refractivity contribution is -0.137. The van der Waals surface area contributed by atoms with Crippen LogP contribution in [-0.2, 0) is 17.3 Å². The first-order valence-electron chi connectivity index (χ1n) is 8.72. The Hall–Kier alpha value is -2.67. The molecule has 2 rings (SSSR count). The van der Waals surface area contributed by atoms with Gasteiger partial charge in [0.05, 0.1) is 25.9 Å². The number of hydrogen-bond acceptors (Lipinski definition) is 4. The van der Waals surface area contributed by atoms with E-state index in [0.29, 0.717) is 24.7 Å². The highest BCUT2D eigenvalue weighted by Crippen LogP contribution is 2.31. The minimum absolute atomic E-state index is 0.140. The Bertz CT molecular complexity index is 760. The van der Waals surface area contributed by atoms with E-state index in [4.69, 9.17) is 18.9 Å². The van der Waals surface area contributed by atoms with Gasteiger partial charge < -0.3 is 18.9 Å². The van der Waals surface area contributed by atoms with Gasteiger partial charge >= 0.3 is 6.18 Å². The molecule has 0 spiro atoms. The van der Waals surface area contributed by atoms with Crippen LogP contribution in [-0.4, -0.2) is 33.5 Å². The van der Waals surface area contributed by atoms with Gasteiger partial charge in [-0.25, -0.2) is 0 Å². The highest BCUT2D eigenvalue weighted by atomic mass is 19.4. The Balaban J connectivity index is 1.68. The van der Waals surface area contributed by atoms with Gasteiger partial charge in [-0.2, -0.15) is 13.2 Å². The lowest BCUT2D eigenvalue weighted by Gasteiger charge is -2.12. The monoisotopic (exact) mass is 396 g/mol. The summed E-state index contributed by atoms with van der Waals surface area (Å²) in [6.07, 6.45) is -1.84. The molecule has 4 nitrogen and oxygen atoms in total. The van der Waals surface area contributed by atoms with Crippen LogP contribution < -0.4 is 14.2 Å². The predicted octanol–water partition coefficient (Wildman–Crippen LogP) is 4.92. The van der Waals surface area contributed by atoms with Crippen molar-refractivity contribution >= 4 is 0 Å². The van der Waals surface area contributed by atoms with E-state index in [2.05, 4.69) is 6.58 Å². The van der Waals surface area contributed by atoms with Crippen molar-refractivity contribution < 1.29 is 32.1 Å². The van der Waals surface area contributed by atoms with Gasteiger partial charge in [-0.15, -0.1) is 6.58 Å². The van der Waals surface area contributed by atoms with E-state index < -0.39 is 11.7 Å². The van der Waals surface area contributed by atoms with Crippen molar-refractivity contribution in [1.29, 1.82) is 0 Å². The zero-order chi connectivity index (χ0) is 20.4. The standard InChI is InChI=1S/C21H23F3O4/c1-3-5-16-8-9-19(20(14-16)25-2)28-13-11-26-10-12-27-18-7-4-6-17(15-18)21(22,23)24/h3-4,6-9,14-15H,1,5,10-13H2,2H3. The molecule has 152 valence electrons. The van der Waals surface area contributed by atoms with Gasteiger partial charge in [0.15, 0.2) is 11.5 Å². The summed E-state index contributed by atoms with van der Waals surface area (Å²) in [5, 5.41) is 0. The van der Waals surface area contributed by atoms with Crippen molar-refractivity contribution in [3.8, 4) is 17.2 Å². The summed E-state index contributed by atoms with van der Waals surface area (Å²) in [6, 6.07) is 10.4. The van der Waals surface area contributed by atoms with E-state index in [0.717, 1.165) is 24.1 Å². The summed E-state index contributed by atoms with van der Waals surface area (Å²) < 4.78 is 59.5. The molecule has 0 amide bonds. The maximum absolute atomic E-state index is 12.6. The minimum Gasteiger partial charge on any atom is -0.493 e. The molecule has 2 aromatic carbocycles. The zero-order valence-electron chi connectivity index (χ0n) is 15.6. The number of methoxy groups -OCH3 is 1. The number of benzene rings is 2. The molecular formula is C21H23F3O4. The van der Waals surface area contributed by atoms with E-state index in [1.807, 2.05) is 24.3 Å². The summed E-state index contributed by atoms with van der Waals surface area (Å²) in [7, 11) is 1.57. The topological polar surface area (TPSA) is 36.9 Å². The minimum atomic E-state index is -4.39. The second kappa shape index (κ2) is 10.6. The van der Waals surface area contributed by atoms with E-state index in [-0.39, 0.29) is 19.0 Å². The van der Waals surface area contributed by atoms with Crippen LogP contribution in [0.4, 0.5) is 13.2 Å². The van der Waals surface area contributed by atoms with Gasteiger partial charge in [-0.05, 0) is 42.3 Å². The Morgan fingerprint density at radius 3 is 2.36 bits per heavy atom. The number of alkyl halides is 3. The summed E-state index contributed by atoms with van der Waals surface area (Å²) in [5.74, 6) is 1.39. The maximum Gasteiger partial charge on any atom is 0.416 e. The van der Waals surface area contributed by atoms with Crippen molar-refractivity contribution in [3.63, 3.8) is 0 Å². The van der Waals surface area contributed by atoms with E-state index in [1.54, 1.807) is 7.11 Å². The lowest BCUT2D eigenvalue weighted by atomic mass is 10.1. The third-order valence-electron chi connectivity index (χ3n) is 3.75. The summed E-state index contributed by atoms with van der Waals surface area (Å²) >= 11 is 0. The number of allylic oxidation sites excluding steroid dienone is 1. The molecule has 0 radical (unpaired) electrons. The number of halogens is 3. The summed E-state index contributed by atoms with van der Waals surface area (Å²) in [4.78, 5) is 0. The van der Waals surface area contributed by atoms with Crippen molar-refractivity contribution in [3.05, 3.63) is 66.2 Å². The maximum atomic E-state index is 12.6. The average molecular weight is 396 g/mol. The van der Waals surface area contributed by atoms with E-state index in [1.165, 1.54) is 12.1 Å². The molecule has 2 aromatic rings. The fourth-order valence-electron chi connectivity index (χ4n) is 2.42. The van der Waals surface area contributed by atoms with Crippen LogP contribution >= 0.6 is 0 Å². The zero-order valence-corrected chi connectivity index (χ0v) is 15.6. The molecule has 7 heteroatoms. The fraction of sp³-hybridized carbons (Fsp3) is 0.333. The molecule has 0 aliphatic rings. The third-order valence-corrected chi connectivity index (χ3v) is 3.75. The largest absolute Gasteiger partial charge is 0.493 e. The van der Waals surface area contributed by atoms with E-state index >= 15 is 0 Å². The average Bonchev–Trinajstić information content (AvgIpc) is 2.67. The Morgan fingerprint density at radius 2 is 1.68 bits per heavy atom. The van der Waals surface area contributed by atoms with Crippen molar-refractivity contribution in [2.75, 3.05) is 33.5 Å². The normalized spacial score (nSPS) is 11.1. The summed E-state index contributed by atoms with van der Waals surface area (Å²) in [6.45, 7) is 4.69. The molecule has 0 aromatic heterocycles. The van der Waals surface area contributed by atoms with Crippen LogP contribution in [0.25, 0.3) is 0 Å². The van der Waals surface area contributed by atoms with Crippen molar-refractivity contribution in [2.45, 2.75) is 12.6 Å². The van der Waals surface area contributed by atoms with Crippen molar-refractivity contribution in [2.24, 2.45) is 0 Å². The molecule has 0 aliphatic heterocycles.